The highest BCUT2D eigenvalue weighted by molar-refractivity contribution is 6.36. The molecule has 4 heteroatoms. The molecule has 0 fully saturated rings. The van der Waals surface area contributed by atoms with Crippen LogP contribution in [0.1, 0.15) is 15.9 Å². The summed E-state index contributed by atoms with van der Waals surface area (Å²) in [6.07, 6.45) is 3.35. The number of furan rings is 1. The number of carbonyl (C=O) groups is 1. The second-order valence-corrected chi connectivity index (χ2v) is 4.20. The zero-order valence-electron chi connectivity index (χ0n) is 8.24. The number of hydrogen-bond acceptors (Lipinski definition) is 2. The Balaban J connectivity index is 2.21. The van der Waals surface area contributed by atoms with Crippen molar-refractivity contribution in [1.29, 1.82) is 0 Å². The Morgan fingerprint density at radius 3 is 2.69 bits per heavy atom. The van der Waals surface area contributed by atoms with Crippen molar-refractivity contribution < 1.29 is 9.21 Å². The predicted molar refractivity (Wildman–Crippen MR) is 63.2 cm³/mol. The fraction of sp³-hybridized carbons (Fsp3) is 0.0833. The molecule has 16 heavy (non-hydrogen) atoms. The molecular weight excluding hydrogens is 247 g/mol. The van der Waals surface area contributed by atoms with Crippen molar-refractivity contribution >= 4 is 29.0 Å². The first-order valence-corrected chi connectivity index (χ1v) is 5.42. The topological polar surface area (TPSA) is 30.2 Å². The van der Waals surface area contributed by atoms with Crippen LogP contribution in [-0.2, 0) is 6.42 Å². The Kier molecular flexibility index (Phi) is 3.32. The molecule has 0 saturated heterocycles. The van der Waals surface area contributed by atoms with E-state index in [1.54, 1.807) is 30.5 Å². The number of rotatable bonds is 3. The van der Waals surface area contributed by atoms with Crippen molar-refractivity contribution in [2.24, 2.45) is 0 Å². The van der Waals surface area contributed by atoms with E-state index in [0.29, 0.717) is 15.6 Å². The third-order valence-electron chi connectivity index (χ3n) is 2.18. The number of carbonyl (C=O) groups excluding carboxylic acids is 1. The third-order valence-corrected chi connectivity index (χ3v) is 2.72. The molecular formula is C12H8Cl2O2. The molecule has 0 aliphatic heterocycles. The normalized spacial score (nSPS) is 10.4. The summed E-state index contributed by atoms with van der Waals surface area (Å²) in [4.78, 5) is 11.9. The van der Waals surface area contributed by atoms with Gasteiger partial charge in [0.15, 0.2) is 5.78 Å². The van der Waals surface area contributed by atoms with Crippen LogP contribution in [0.3, 0.4) is 0 Å². The first kappa shape index (κ1) is 11.2. The van der Waals surface area contributed by atoms with Gasteiger partial charge in [0.25, 0.3) is 0 Å². The van der Waals surface area contributed by atoms with E-state index in [4.69, 9.17) is 27.6 Å². The Morgan fingerprint density at radius 1 is 1.25 bits per heavy atom. The lowest BCUT2D eigenvalue weighted by atomic mass is 10.1. The van der Waals surface area contributed by atoms with E-state index in [-0.39, 0.29) is 12.2 Å². The Morgan fingerprint density at radius 2 is 2.06 bits per heavy atom. The Labute approximate surface area is 103 Å². The smallest absolute Gasteiger partial charge is 0.168 e. The molecule has 0 N–H and O–H groups in total. The SMILES string of the molecule is O=C(Cc1ccoc1)c1ccc(Cl)cc1Cl. The van der Waals surface area contributed by atoms with E-state index in [2.05, 4.69) is 0 Å². The first-order valence-electron chi connectivity index (χ1n) is 4.66. The minimum atomic E-state index is -0.0527. The molecule has 2 nitrogen and oxygen atoms in total. The van der Waals surface area contributed by atoms with Crippen LogP contribution in [-0.4, -0.2) is 5.78 Å². The standard InChI is InChI=1S/C12H8Cl2O2/c13-9-1-2-10(11(14)6-9)12(15)5-8-3-4-16-7-8/h1-4,6-7H,5H2. The van der Waals surface area contributed by atoms with Gasteiger partial charge in [-0.25, -0.2) is 0 Å². The van der Waals surface area contributed by atoms with E-state index in [1.807, 2.05) is 0 Å². The van der Waals surface area contributed by atoms with Gasteiger partial charge in [0, 0.05) is 17.0 Å². The number of ketones is 1. The molecule has 0 amide bonds. The van der Waals surface area contributed by atoms with Crippen molar-refractivity contribution in [3.63, 3.8) is 0 Å². The lowest BCUT2D eigenvalue weighted by molar-refractivity contribution is 0.0993. The first-order chi connectivity index (χ1) is 7.66. The van der Waals surface area contributed by atoms with Gasteiger partial charge in [0.05, 0.1) is 17.5 Å². The number of hydrogen-bond donors (Lipinski definition) is 0. The van der Waals surface area contributed by atoms with Crippen molar-refractivity contribution in [1.82, 2.24) is 0 Å². The van der Waals surface area contributed by atoms with Crippen LogP contribution in [0.15, 0.2) is 41.2 Å². The second kappa shape index (κ2) is 4.73. The highest BCUT2D eigenvalue weighted by atomic mass is 35.5. The van der Waals surface area contributed by atoms with E-state index < -0.39 is 0 Å². The molecule has 0 bridgehead atoms. The average Bonchev–Trinajstić information content (AvgIpc) is 2.70. The van der Waals surface area contributed by atoms with Crippen LogP contribution in [0.4, 0.5) is 0 Å². The van der Waals surface area contributed by atoms with Crippen molar-refractivity contribution in [2.45, 2.75) is 6.42 Å². The monoisotopic (exact) mass is 254 g/mol. The number of halogens is 2. The molecule has 0 aliphatic rings. The van der Waals surface area contributed by atoms with E-state index in [0.717, 1.165) is 5.56 Å². The maximum atomic E-state index is 11.9. The van der Waals surface area contributed by atoms with Gasteiger partial charge in [0.2, 0.25) is 0 Å². The zero-order valence-corrected chi connectivity index (χ0v) is 9.76. The molecule has 1 aromatic carbocycles. The number of benzene rings is 1. The molecule has 0 spiro atoms. The summed E-state index contributed by atoms with van der Waals surface area (Å²) in [7, 11) is 0. The third kappa shape index (κ3) is 2.46. The molecule has 2 aromatic rings. The fourth-order valence-corrected chi connectivity index (χ4v) is 1.90. The largest absolute Gasteiger partial charge is 0.472 e. The van der Waals surface area contributed by atoms with Crippen LogP contribution in [0, 0.1) is 0 Å². The minimum absolute atomic E-state index is 0.0527. The lowest BCUT2D eigenvalue weighted by Gasteiger charge is -2.02. The van der Waals surface area contributed by atoms with Crippen LogP contribution >= 0.6 is 23.2 Å². The van der Waals surface area contributed by atoms with Crippen LogP contribution < -0.4 is 0 Å². The number of Topliss-reactive ketones (excluding diaryl/α,β-unsaturated/α-hetero) is 1. The molecule has 0 unspecified atom stereocenters. The van der Waals surface area contributed by atoms with Gasteiger partial charge in [0.1, 0.15) is 0 Å². The summed E-state index contributed by atoms with van der Waals surface area (Å²) in [5.41, 5.74) is 1.31. The molecule has 1 aromatic heterocycles. The Bertz CT molecular complexity index is 504. The van der Waals surface area contributed by atoms with Crippen molar-refractivity contribution in [3.8, 4) is 0 Å². The summed E-state index contributed by atoms with van der Waals surface area (Å²) in [5.74, 6) is -0.0527. The molecule has 2 rings (SSSR count). The predicted octanol–water partition coefficient (Wildman–Crippen LogP) is 4.01. The van der Waals surface area contributed by atoms with Gasteiger partial charge in [-0.2, -0.15) is 0 Å². The molecule has 0 atom stereocenters. The molecule has 0 radical (unpaired) electrons. The maximum Gasteiger partial charge on any atom is 0.168 e. The molecule has 1 heterocycles. The quantitative estimate of drug-likeness (QED) is 0.775. The van der Waals surface area contributed by atoms with Gasteiger partial charge in [-0.1, -0.05) is 23.2 Å². The van der Waals surface area contributed by atoms with Gasteiger partial charge in [-0.05, 0) is 29.8 Å². The molecule has 0 aliphatic carbocycles. The highest BCUT2D eigenvalue weighted by Gasteiger charge is 2.11. The minimum Gasteiger partial charge on any atom is -0.472 e. The highest BCUT2D eigenvalue weighted by Crippen LogP contribution is 2.22. The summed E-state index contributed by atoms with van der Waals surface area (Å²) in [6.45, 7) is 0. The van der Waals surface area contributed by atoms with E-state index in [9.17, 15) is 4.79 Å². The van der Waals surface area contributed by atoms with Gasteiger partial charge < -0.3 is 4.42 Å². The van der Waals surface area contributed by atoms with Crippen LogP contribution in [0.2, 0.25) is 10.0 Å². The average molecular weight is 255 g/mol. The van der Waals surface area contributed by atoms with Gasteiger partial charge >= 0.3 is 0 Å². The van der Waals surface area contributed by atoms with Gasteiger partial charge in [-0.3, -0.25) is 4.79 Å². The van der Waals surface area contributed by atoms with Crippen LogP contribution in [0.5, 0.6) is 0 Å². The molecule has 82 valence electrons. The maximum absolute atomic E-state index is 11.9. The second-order valence-electron chi connectivity index (χ2n) is 3.36. The van der Waals surface area contributed by atoms with Gasteiger partial charge in [-0.15, -0.1) is 0 Å². The van der Waals surface area contributed by atoms with Crippen molar-refractivity contribution in [2.75, 3.05) is 0 Å². The Hall–Kier alpha value is -1.25. The fourth-order valence-electron chi connectivity index (χ4n) is 1.39. The lowest BCUT2D eigenvalue weighted by Crippen LogP contribution is -2.03. The zero-order chi connectivity index (χ0) is 11.5. The summed E-state index contributed by atoms with van der Waals surface area (Å²) in [6, 6.07) is 6.59. The summed E-state index contributed by atoms with van der Waals surface area (Å²) >= 11 is 11.7. The summed E-state index contributed by atoms with van der Waals surface area (Å²) < 4.78 is 4.89. The summed E-state index contributed by atoms with van der Waals surface area (Å²) in [5, 5.41) is 0.894. The van der Waals surface area contributed by atoms with Crippen molar-refractivity contribution in [3.05, 3.63) is 58.0 Å². The van der Waals surface area contributed by atoms with E-state index >= 15 is 0 Å². The molecule has 0 saturated carbocycles. The van der Waals surface area contributed by atoms with E-state index in [1.165, 1.54) is 6.26 Å². The van der Waals surface area contributed by atoms with Crippen LogP contribution in [0.25, 0.3) is 0 Å².